The van der Waals surface area contributed by atoms with Crippen LogP contribution in [0.25, 0.3) is 11.2 Å². The Labute approximate surface area is 114 Å². The van der Waals surface area contributed by atoms with Crippen LogP contribution in [0, 0.1) is 5.92 Å². The molecule has 2 aromatic heterocycles. The van der Waals surface area contributed by atoms with Crippen molar-refractivity contribution in [3.63, 3.8) is 0 Å². The fourth-order valence-electron chi connectivity index (χ4n) is 3.07. The molecule has 4 rings (SSSR count). The number of hydrogen-bond acceptors (Lipinski definition) is 7. The molecule has 2 fully saturated rings. The van der Waals surface area contributed by atoms with E-state index in [-0.39, 0.29) is 30.8 Å². The number of nitrogens with zero attached hydrogens (tertiary/aromatic N) is 4. The average Bonchev–Trinajstić information content (AvgIpc) is 3.11. The maximum atomic E-state index is 9.32. The molecule has 2 aromatic rings. The molecule has 8 nitrogen and oxygen atoms in total. The molecule has 0 aromatic carbocycles. The molecule has 20 heavy (non-hydrogen) atoms. The zero-order valence-electron chi connectivity index (χ0n) is 10.7. The van der Waals surface area contributed by atoms with Gasteiger partial charge < -0.3 is 24.9 Å². The Kier molecular flexibility index (Phi) is 2.62. The lowest BCUT2D eigenvalue weighted by Gasteiger charge is -2.17. The van der Waals surface area contributed by atoms with Crippen molar-refractivity contribution >= 4 is 17.0 Å². The van der Waals surface area contributed by atoms with Gasteiger partial charge in [0.1, 0.15) is 17.9 Å². The van der Waals surface area contributed by atoms with Gasteiger partial charge in [0.05, 0.1) is 38.3 Å². The molecule has 8 heteroatoms. The van der Waals surface area contributed by atoms with Crippen LogP contribution in [-0.2, 0) is 9.47 Å². The molecule has 2 aliphatic heterocycles. The number of aromatic nitrogens is 4. The third-order valence-corrected chi connectivity index (χ3v) is 4.11. The summed E-state index contributed by atoms with van der Waals surface area (Å²) < 4.78 is 13.5. The monoisotopic (exact) mass is 277 g/mol. The number of hydrogen-bond donors (Lipinski definition) is 2. The van der Waals surface area contributed by atoms with Crippen molar-refractivity contribution in [1.82, 2.24) is 19.5 Å². The quantitative estimate of drug-likeness (QED) is 0.751. The minimum Gasteiger partial charge on any atom is -0.396 e. The number of anilines is 1. The normalized spacial score (nSPS) is 32.9. The second-order valence-electron chi connectivity index (χ2n) is 5.19. The molecule has 2 unspecified atom stereocenters. The van der Waals surface area contributed by atoms with E-state index in [9.17, 15) is 5.11 Å². The van der Waals surface area contributed by atoms with E-state index in [0.717, 1.165) is 0 Å². The second-order valence-corrected chi connectivity index (χ2v) is 5.19. The summed E-state index contributed by atoms with van der Waals surface area (Å²) in [4.78, 5) is 12.5. The summed E-state index contributed by atoms with van der Waals surface area (Å²) in [5, 5.41) is 9.32. The van der Waals surface area contributed by atoms with Crippen LogP contribution in [0.4, 0.5) is 5.82 Å². The standard InChI is InChI=1S/C12H15N5O3/c13-11-8-12(15-4-14-11)17(5-16-8)7-3-20-9-6(1-18)2-19-10(7)9/h4-7,9-10,18H,1-3H2,(H2,13,14,15)/t6-,7+,9?,10?/m0/s1. The van der Waals surface area contributed by atoms with E-state index in [2.05, 4.69) is 15.0 Å². The van der Waals surface area contributed by atoms with Crippen LogP contribution in [0.15, 0.2) is 12.7 Å². The van der Waals surface area contributed by atoms with Gasteiger partial charge in [-0.15, -0.1) is 0 Å². The molecular weight excluding hydrogens is 262 g/mol. The summed E-state index contributed by atoms with van der Waals surface area (Å²) in [6, 6.07) is -0.00384. The molecule has 2 aliphatic rings. The zero-order valence-corrected chi connectivity index (χ0v) is 10.7. The van der Waals surface area contributed by atoms with Crippen LogP contribution >= 0.6 is 0 Å². The third kappa shape index (κ3) is 1.55. The fraction of sp³-hybridized carbons (Fsp3) is 0.583. The first kappa shape index (κ1) is 12.0. The summed E-state index contributed by atoms with van der Waals surface area (Å²) in [5.74, 6) is 0.407. The smallest absolute Gasteiger partial charge is 0.165 e. The van der Waals surface area contributed by atoms with Crippen molar-refractivity contribution in [2.75, 3.05) is 25.6 Å². The van der Waals surface area contributed by atoms with Crippen LogP contribution in [-0.4, -0.2) is 56.7 Å². The van der Waals surface area contributed by atoms with Crippen molar-refractivity contribution in [1.29, 1.82) is 0 Å². The van der Waals surface area contributed by atoms with Crippen LogP contribution in [0.3, 0.4) is 0 Å². The van der Waals surface area contributed by atoms with E-state index < -0.39 is 0 Å². The molecule has 0 aliphatic carbocycles. The van der Waals surface area contributed by atoms with Crippen molar-refractivity contribution in [3.8, 4) is 0 Å². The van der Waals surface area contributed by atoms with Crippen molar-refractivity contribution in [2.45, 2.75) is 18.2 Å². The lowest BCUT2D eigenvalue weighted by Crippen LogP contribution is -2.28. The summed E-state index contributed by atoms with van der Waals surface area (Å²) in [6.45, 7) is 1.11. The van der Waals surface area contributed by atoms with Gasteiger partial charge in [-0.3, -0.25) is 0 Å². The third-order valence-electron chi connectivity index (χ3n) is 4.11. The summed E-state index contributed by atoms with van der Waals surface area (Å²) in [7, 11) is 0. The highest BCUT2D eigenvalue weighted by atomic mass is 16.6. The molecule has 0 bridgehead atoms. The molecule has 2 saturated heterocycles. The minimum absolute atomic E-state index is 0.00384. The highest BCUT2D eigenvalue weighted by Gasteiger charge is 2.48. The van der Waals surface area contributed by atoms with Gasteiger partial charge in [-0.1, -0.05) is 0 Å². The first-order valence-corrected chi connectivity index (χ1v) is 6.56. The maximum absolute atomic E-state index is 9.32. The Bertz CT molecular complexity index is 645. The number of fused-ring (bicyclic) bond motifs is 2. The number of imidazole rings is 1. The number of nitrogens with two attached hydrogens (primary N) is 1. The van der Waals surface area contributed by atoms with Gasteiger partial charge in [0.25, 0.3) is 0 Å². The Balaban J connectivity index is 1.72. The molecule has 0 radical (unpaired) electrons. The van der Waals surface area contributed by atoms with E-state index >= 15 is 0 Å². The van der Waals surface area contributed by atoms with Gasteiger partial charge in [-0.05, 0) is 0 Å². The molecule has 0 saturated carbocycles. The van der Waals surface area contributed by atoms with Gasteiger partial charge in [0.15, 0.2) is 11.5 Å². The first-order chi connectivity index (χ1) is 9.79. The molecule has 4 heterocycles. The molecule has 106 valence electrons. The van der Waals surface area contributed by atoms with Gasteiger partial charge in [0.2, 0.25) is 0 Å². The maximum Gasteiger partial charge on any atom is 0.165 e. The highest BCUT2D eigenvalue weighted by Crippen LogP contribution is 2.38. The van der Waals surface area contributed by atoms with Gasteiger partial charge >= 0.3 is 0 Å². The fourth-order valence-corrected chi connectivity index (χ4v) is 3.07. The first-order valence-electron chi connectivity index (χ1n) is 6.56. The van der Waals surface area contributed by atoms with E-state index in [1.165, 1.54) is 6.33 Å². The zero-order chi connectivity index (χ0) is 13.7. The van der Waals surface area contributed by atoms with Crippen molar-refractivity contribution in [2.24, 2.45) is 5.92 Å². The number of aliphatic hydroxyl groups is 1. The predicted octanol–water partition coefficient (Wildman–Crippen LogP) is -0.644. The molecule has 3 N–H and O–H groups in total. The minimum atomic E-state index is -0.0826. The topological polar surface area (TPSA) is 108 Å². The molecule has 0 amide bonds. The Morgan fingerprint density at radius 1 is 1.25 bits per heavy atom. The number of aliphatic hydroxyl groups excluding tert-OH is 1. The summed E-state index contributed by atoms with van der Waals surface area (Å²) in [6.07, 6.45) is 2.97. The summed E-state index contributed by atoms with van der Waals surface area (Å²) in [5.41, 5.74) is 7.07. The largest absolute Gasteiger partial charge is 0.396 e. The van der Waals surface area contributed by atoms with Crippen molar-refractivity contribution in [3.05, 3.63) is 12.7 Å². The molecule has 0 spiro atoms. The number of ether oxygens (including phenoxy) is 2. The Morgan fingerprint density at radius 2 is 2.10 bits per heavy atom. The molecule has 4 atom stereocenters. The van der Waals surface area contributed by atoms with Gasteiger partial charge in [0, 0.05) is 5.92 Å². The van der Waals surface area contributed by atoms with Crippen LogP contribution < -0.4 is 5.73 Å². The number of rotatable bonds is 2. The predicted molar refractivity (Wildman–Crippen MR) is 68.8 cm³/mol. The van der Waals surface area contributed by atoms with Crippen molar-refractivity contribution < 1.29 is 14.6 Å². The van der Waals surface area contributed by atoms with Gasteiger partial charge in [-0.25, -0.2) is 15.0 Å². The highest BCUT2D eigenvalue weighted by molar-refractivity contribution is 5.81. The van der Waals surface area contributed by atoms with Gasteiger partial charge in [-0.2, -0.15) is 0 Å². The molecular formula is C12H15N5O3. The van der Waals surface area contributed by atoms with Crippen LogP contribution in [0.5, 0.6) is 0 Å². The van der Waals surface area contributed by atoms with E-state index in [0.29, 0.717) is 30.2 Å². The van der Waals surface area contributed by atoms with E-state index in [4.69, 9.17) is 15.2 Å². The van der Waals surface area contributed by atoms with E-state index in [1.54, 1.807) is 6.33 Å². The lowest BCUT2D eigenvalue weighted by atomic mass is 10.0. The van der Waals surface area contributed by atoms with Crippen LogP contribution in [0.1, 0.15) is 6.04 Å². The Morgan fingerprint density at radius 3 is 2.95 bits per heavy atom. The SMILES string of the molecule is Nc1ncnc2c1ncn2[C@@H]1COC2C1OC[C@@H]2CO. The summed E-state index contributed by atoms with van der Waals surface area (Å²) >= 11 is 0. The second kappa shape index (κ2) is 4.37. The van der Waals surface area contributed by atoms with Crippen LogP contribution in [0.2, 0.25) is 0 Å². The number of nitrogen functional groups attached to an aromatic ring is 1. The average molecular weight is 277 g/mol. The lowest BCUT2D eigenvalue weighted by molar-refractivity contribution is 0.0498. The Hall–Kier alpha value is -1.77. The van der Waals surface area contributed by atoms with E-state index in [1.807, 2.05) is 4.57 Å².